The molecule has 1 rings (SSSR count). The number of hydrogen-bond donors (Lipinski definition) is 3. The third kappa shape index (κ3) is 5.27. The first-order valence-corrected chi connectivity index (χ1v) is 5.69. The summed E-state index contributed by atoms with van der Waals surface area (Å²) in [6.45, 7) is 4.18. The van der Waals surface area contributed by atoms with Gasteiger partial charge in [-0.05, 0) is 36.0 Å². The number of aliphatic carboxylic acids is 1. The van der Waals surface area contributed by atoms with Gasteiger partial charge in [-0.2, -0.15) is 0 Å². The highest BCUT2D eigenvalue weighted by atomic mass is 32.1. The summed E-state index contributed by atoms with van der Waals surface area (Å²) in [4.78, 5) is 10.4. The van der Waals surface area contributed by atoms with Crippen LogP contribution in [0.1, 0.15) is 5.56 Å². The molecule has 0 atom stereocenters. The highest BCUT2D eigenvalue weighted by molar-refractivity contribution is 7.80. The van der Waals surface area contributed by atoms with E-state index in [9.17, 15) is 4.79 Å². The number of benzene rings is 1. The molecule has 3 N–H and O–H groups in total. The second-order valence-electron chi connectivity index (χ2n) is 3.42. The first-order valence-electron chi connectivity index (χ1n) is 5.28. The third-order valence-electron chi connectivity index (χ3n) is 1.99. The molecule has 0 amide bonds. The zero-order valence-electron chi connectivity index (χ0n) is 9.72. The zero-order valence-corrected chi connectivity index (χ0v) is 10.5. The van der Waals surface area contributed by atoms with Crippen LogP contribution >= 0.6 is 12.2 Å². The van der Waals surface area contributed by atoms with E-state index < -0.39 is 5.97 Å². The van der Waals surface area contributed by atoms with Crippen molar-refractivity contribution in [2.45, 2.75) is 0 Å². The Kier molecular flexibility index (Phi) is 5.60. The quantitative estimate of drug-likeness (QED) is 0.431. The van der Waals surface area contributed by atoms with E-state index in [2.05, 4.69) is 17.2 Å². The van der Waals surface area contributed by atoms with E-state index in [1.807, 2.05) is 12.1 Å². The standard InChI is InChI=1S/C13H14N2O2S/c1-2-9-14-13(18)15-11-6-3-10(4-7-11)5-8-12(16)17/h2-8H,1,9H2,(H,16,17)(H2,14,15,18)/b8-5+. The van der Waals surface area contributed by atoms with Crippen LogP contribution in [0.4, 0.5) is 5.69 Å². The van der Waals surface area contributed by atoms with Gasteiger partial charge >= 0.3 is 5.97 Å². The molecule has 0 fully saturated rings. The molecule has 0 aromatic heterocycles. The maximum Gasteiger partial charge on any atom is 0.328 e. The number of hydrogen-bond acceptors (Lipinski definition) is 2. The molecule has 5 heteroatoms. The number of carboxylic acid groups (broad SMARTS) is 1. The first kappa shape index (κ1) is 13.9. The smallest absolute Gasteiger partial charge is 0.328 e. The van der Waals surface area contributed by atoms with E-state index in [0.29, 0.717) is 11.7 Å². The highest BCUT2D eigenvalue weighted by Gasteiger charge is 1.96. The molecule has 0 bridgehead atoms. The number of carboxylic acids is 1. The molecular weight excluding hydrogens is 248 g/mol. The third-order valence-corrected chi connectivity index (χ3v) is 2.24. The summed E-state index contributed by atoms with van der Waals surface area (Å²) in [6, 6.07) is 7.25. The predicted molar refractivity (Wildman–Crippen MR) is 77.5 cm³/mol. The second-order valence-corrected chi connectivity index (χ2v) is 3.83. The van der Waals surface area contributed by atoms with Crippen molar-refractivity contribution in [2.75, 3.05) is 11.9 Å². The maximum atomic E-state index is 10.4. The molecule has 0 spiro atoms. The normalized spacial score (nSPS) is 10.0. The van der Waals surface area contributed by atoms with Crippen molar-refractivity contribution < 1.29 is 9.90 Å². The molecule has 4 nitrogen and oxygen atoms in total. The van der Waals surface area contributed by atoms with Crippen molar-refractivity contribution in [2.24, 2.45) is 0 Å². The van der Waals surface area contributed by atoms with Gasteiger partial charge in [0.1, 0.15) is 0 Å². The molecule has 1 aromatic rings. The summed E-state index contributed by atoms with van der Waals surface area (Å²) >= 11 is 5.06. The van der Waals surface area contributed by atoms with Crippen molar-refractivity contribution >= 4 is 35.1 Å². The number of thiocarbonyl (C=S) groups is 1. The lowest BCUT2D eigenvalue weighted by Gasteiger charge is -2.08. The summed E-state index contributed by atoms with van der Waals surface area (Å²) in [5, 5.41) is 15.0. The van der Waals surface area contributed by atoms with E-state index in [1.54, 1.807) is 18.2 Å². The molecular formula is C13H14N2O2S. The lowest BCUT2D eigenvalue weighted by Crippen LogP contribution is -2.28. The highest BCUT2D eigenvalue weighted by Crippen LogP contribution is 2.10. The summed E-state index contributed by atoms with van der Waals surface area (Å²) < 4.78 is 0. The van der Waals surface area contributed by atoms with Gasteiger partial charge in [-0.3, -0.25) is 0 Å². The van der Waals surface area contributed by atoms with Crippen LogP contribution < -0.4 is 10.6 Å². The molecule has 0 aliphatic carbocycles. The Balaban J connectivity index is 2.57. The largest absolute Gasteiger partial charge is 0.478 e. The second kappa shape index (κ2) is 7.24. The minimum absolute atomic E-state index is 0.517. The van der Waals surface area contributed by atoms with Gasteiger partial charge in [0.2, 0.25) is 0 Å². The van der Waals surface area contributed by atoms with Crippen LogP contribution in [0.5, 0.6) is 0 Å². The predicted octanol–water partition coefficient (Wildman–Crippen LogP) is 2.26. The Morgan fingerprint density at radius 1 is 1.39 bits per heavy atom. The van der Waals surface area contributed by atoms with Gasteiger partial charge in [0.05, 0.1) is 0 Å². The van der Waals surface area contributed by atoms with Gasteiger partial charge in [-0.15, -0.1) is 6.58 Å². The van der Waals surface area contributed by atoms with Crippen molar-refractivity contribution in [3.63, 3.8) is 0 Å². The monoisotopic (exact) mass is 262 g/mol. The van der Waals surface area contributed by atoms with E-state index in [0.717, 1.165) is 17.3 Å². The van der Waals surface area contributed by atoms with Crippen molar-refractivity contribution in [1.82, 2.24) is 5.32 Å². The Hall–Kier alpha value is -2.14. The van der Waals surface area contributed by atoms with E-state index in [4.69, 9.17) is 17.3 Å². The molecule has 0 saturated carbocycles. The lowest BCUT2D eigenvalue weighted by atomic mass is 10.2. The maximum absolute atomic E-state index is 10.4. The first-order chi connectivity index (χ1) is 8.61. The fourth-order valence-electron chi connectivity index (χ4n) is 1.19. The Morgan fingerprint density at radius 2 is 2.06 bits per heavy atom. The molecule has 0 radical (unpaired) electrons. The molecule has 1 aromatic carbocycles. The number of nitrogens with one attached hydrogen (secondary N) is 2. The Morgan fingerprint density at radius 3 is 2.61 bits per heavy atom. The van der Waals surface area contributed by atoms with Crippen LogP contribution in [-0.2, 0) is 4.79 Å². The van der Waals surface area contributed by atoms with E-state index >= 15 is 0 Å². The Bertz CT molecular complexity index is 466. The van der Waals surface area contributed by atoms with Crippen LogP contribution in [0, 0.1) is 0 Å². The SMILES string of the molecule is C=CCNC(=S)Nc1ccc(/C=C/C(=O)O)cc1. The lowest BCUT2D eigenvalue weighted by molar-refractivity contribution is -0.131. The van der Waals surface area contributed by atoms with Crippen LogP contribution in [0.3, 0.4) is 0 Å². The number of rotatable bonds is 5. The van der Waals surface area contributed by atoms with Gasteiger partial charge in [0.25, 0.3) is 0 Å². The summed E-state index contributed by atoms with van der Waals surface area (Å²) in [7, 11) is 0. The topological polar surface area (TPSA) is 61.4 Å². The van der Waals surface area contributed by atoms with Gasteiger partial charge in [0.15, 0.2) is 5.11 Å². The van der Waals surface area contributed by atoms with Crippen molar-refractivity contribution in [3.05, 3.63) is 48.6 Å². The zero-order chi connectivity index (χ0) is 13.4. The van der Waals surface area contributed by atoms with Crippen LogP contribution in [0.25, 0.3) is 6.08 Å². The number of carbonyl (C=O) groups is 1. The van der Waals surface area contributed by atoms with Gasteiger partial charge in [-0.1, -0.05) is 18.2 Å². The summed E-state index contributed by atoms with van der Waals surface area (Å²) in [5.74, 6) is -0.966. The van der Waals surface area contributed by atoms with Crippen LogP contribution in [0.2, 0.25) is 0 Å². The fraction of sp³-hybridized carbons (Fsp3) is 0.0769. The molecule has 18 heavy (non-hydrogen) atoms. The van der Waals surface area contributed by atoms with E-state index in [-0.39, 0.29) is 0 Å². The summed E-state index contributed by atoms with van der Waals surface area (Å²) in [5.41, 5.74) is 1.65. The average molecular weight is 262 g/mol. The fourth-order valence-corrected chi connectivity index (χ4v) is 1.39. The van der Waals surface area contributed by atoms with Gasteiger partial charge < -0.3 is 15.7 Å². The molecule has 0 saturated heterocycles. The average Bonchev–Trinajstić information content (AvgIpc) is 2.35. The van der Waals surface area contributed by atoms with Gasteiger partial charge in [-0.25, -0.2) is 4.79 Å². The van der Waals surface area contributed by atoms with Crippen LogP contribution in [-0.4, -0.2) is 22.7 Å². The van der Waals surface area contributed by atoms with Crippen molar-refractivity contribution in [3.8, 4) is 0 Å². The van der Waals surface area contributed by atoms with Crippen LogP contribution in [0.15, 0.2) is 43.0 Å². The molecule has 0 heterocycles. The summed E-state index contributed by atoms with van der Waals surface area (Å²) in [6.07, 6.45) is 4.34. The minimum atomic E-state index is -0.966. The van der Waals surface area contributed by atoms with Gasteiger partial charge in [0, 0.05) is 18.3 Å². The molecule has 94 valence electrons. The molecule has 0 unspecified atom stereocenters. The number of anilines is 1. The van der Waals surface area contributed by atoms with Crippen molar-refractivity contribution in [1.29, 1.82) is 0 Å². The van der Waals surface area contributed by atoms with E-state index in [1.165, 1.54) is 6.08 Å². The Labute approximate surface area is 111 Å². The molecule has 0 aliphatic rings. The minimum Gasteiger partial charge on any atom is -0.478 e. The molecule has 0 aliphatic heterocycles.